The third-order valence-electron chi connectivity index (χ3n) is 8.61. The Labute approximate surface area is 429 Å². The zero-order chi connectivity index (χ0) is 53.8. The van der Waals surface area contributed by atoms with Crippen LogP contribution in [0.1, 0.15) is 0 Å². The maximum absolute atomic E-state index is 12.6. The third kappa shape index (κ3) is 16.6. The Morgan fingerprint density at radius 3 is 2.05 bits per heavy atom. The van der Waals surface area contributed by atoms with Gasteiger partial charge in [-0.05, 0) is 101 Å². The van der Waals surface area contributed by atoms with Gasteiger partial charge in [0.25, 0.3) is 10.1 Å². The summed E-state index contributed by atoms with van der Waals surface area (Å²) < 4.78 is 133. The zero-order valence-electron chi connectivity index (χ0n) is 36.2. The number of aromatic hydroxyl groups is 1. The molecule has 0 aliphatic rings. The lowest BCUT2D eigenvalue weighted by Gasteiger charge is -2.12. The monoisotopic (exact) mass is 1160 g/mol. The summed E-state index contributed by atoms with van der Waals surface area (Å²) in [4.78, 5) is 27.6. The van der Waals surface area contributed by atoms with Crippen molar-refractivity contribution in [3.63, 3.8) is 0 Å². The highest BCUT2D eigenvalue weighted by Crippen LogP contribution is 2.48. The summed E-state index contributed by atoms with van der Waals surface area (Å²) in [5, 5.41) is 57.9. The van der Waals surface area contributed by atoms with Crippen molar-refractivity contribution in [1.82, 2.24) is 15.0 Å². The van der Waals surface area contributed by atoms with Gasteiger partial charge in [-0.2, -0.15) is 45.3 Å². The third-order valence-corrected chi connectivity index (χ3v) is 14.1. The second kappa shape index (κ2) is 24.4. The Bertz CT molecular complexity index is 3680. The number of azo groups is 2. The molecule has 1 heterocycles. The van der Waals surface area contributed by atoms with Crippen LogP contribution in [0.4, 0.5) is 51.7 Å². The fraction of sp³-hybridized carbons (Fsp3) is 0.0811. The van der Waals surface area contributed by atoms with Crippen LogP contribution in [-0.2, 0) is 68.3 Å². The lowest BCUT2D eigenvalue weighted by atomic mass is 10.1. The number of carboxylic acid groups (broad SMARTS) is 1. The van der Waals surface area contributed by atoms with E-state index in [2.05, 4.69) is 74.1 Å². The fourth-order valence-corrected chi connectivity index (χ4v) is 9.33. The Balaban J connectivity index is 1.29. The van der Waals surface area contributed by atoms with Crippen molar-refractivity contribution in [3.8, 4) is 17.1 Å². The number of nitrogen functional groups attached to an aromatic ring is 1. The highest BCUT2D eigenvalue weighted by Gasteiger charge is 2.22. The van der Waals surface area contributed by atoms with Crippen molar-refractivity contribution < 1.29 is 90.4 Å². The van der Waals surface area contributed by atoms with E-state index in [0.29, 0.717) is 28.7 Å². The number of phenolic OH excluding ortho intramolecular Hbond substituents is 1. The summed E-state index contributed by atoms with van der Waals surface area (Å²) in [6.07, 6.45) is 1.90. The standard InChI is InChI=1S/C37H30N10O20S7/c38-27-11-10-25-26(18-29(70-66-65-51)33(34(25)50)47-44-21-1-6-23(7-2-21)68-15-13-63-67-74(60,61)62)32(27)46-45-28-17-22(5-12-30(28)72(54,55)56)40-36-41-35(42-37(43-36)69-19-31(48)49)39-20-3-8-24(9-4-20)71(52,53)16-14-64-73(57,58)59/h1-12,17-18,50-51H,14,16,19,38H2,(H,48,49)(H,54,55,56)(H,57,58,59)(H,60,61,62)(H2,39,40,41,42,43). The van der Waals surface area contributed by atoms with Gasteiger partial charge in [0.15, 0.2) is 26.8 Å². The van der Waals surface area contributed by atoms with E-state index in [4.69, 9.17) is 20.1 Å². The van der Waals surface area contributed by atoms with Gasteiger partial charge in [-0.3, -0.25) is 23.3 Å². The van der Waals surface area contributed by atoms with Gasteiger partial charge in [0.2, 0.25) is 11.9 Å². The van der Waals surface area contributed by atoms with Gasteiger partial charge in [0.1, 0.15) is 22.0 Å². The van der Waals surface area contributed by atoms with Crippen molar-refractivity contribution >= 4 is 145 Å². The molecule has 1 aromatic heterocycles. The number of aliphatic carboxylic acids is 1. The molecule has 74 heavy (non-hydrogen) atoms. The van der Waals surface area contributed by atoms with E-state index < -0.39 is 81.2 Å². The van der Waals surface area contributed by atoms with E-state index in [1.54, 1.807) is 12.1 Å². The second-order valence-corrected chi connectivity index (χ2v) is 21.8. The number of benzene rings is 5. The molecular formula is C37H30N10O20S7. The Hall–Kier alpha value is -6.87. The first-order chi connectivity index (χ1) is 34.9. The topological polar surface area (TPSA) is 459 Å². The summed E-state index contributed by atoms with van der Waals surface area (Å²) in [6, 6.07) is 18.3. The van der Waals surface area contributed by atoms with Gasteiger partial charge in [0.05, 0.1) is 51.3 Å². The van der Waals surface area contributed by atoms with E-state index in [0.717, 1.165) is 36.0 Å². The Morgan fingerprint density at radius 2 is 1.42 bits per heavy atom. The SMILES string of the molecule is Nc1ccc2c(O)c(N=Nc3ccc(SC#COOS(=O)(=O)O)cc3)c(SOOO)cc2c1N=Nc1cc(Nc2nc(Nc3ccc(S(=O)(=O)CCOS(=O)(=O)O)cc3)nc(SCC(=O)O)n2)ccc1S(=O)(=O)O. The first kappa shape index (κ1) is 56.4. The lowest BCUT2D eigenvalue weighted by Crippen LogP contribution is -2.15. The zero-order valence-corrected chi connectivity index (χ0v) is 41.9. The number of anilines is 5. The van der Waals surface area contributed by atoms with Crippen molar-refractivity contribution in [2.24, 2.45) is 20.5 Å². The summed E-state index contributed by atoms with van der Waals surface area (Å²) >= 11 is 1.93. The second-order valence-electron chi connectivity index (χ2n) is 13.6. The Morgan fingerprint density at radius 1 is 0.757 bits per heavy atom. The average molecular weight is 1160 g/mol. The van der Waals surface area contributed by atoms with Crippen LogP contribution in [0, 0.1) is 11.4 Å². The molecule has 0 unspecified atom stereocenters. The van der Waals surface area contributed by atoms with Gasteiger partial charge in [-0.15, -0.1) is 19.7 Å². The summed E-state index contributed by atoms with van der Waals surface area (Å²) in [5.74, 6) is -3.49. The van der Waals surface area contributed by atoms with Crippen LogP contribution in [0.25, 0.3) is 10.8 Å². The minimum atomic E-state index is -5.00. The van der Waals surface area contributed by atoms with Crippen LogP contribution in [-0.4, -0.2) is 102 Å². The van der Waals surface area contributed by atoms with Crippen LogP contribution < -0.4 is 16.4 Å². The van der Waals surface area contributed by atoms with Crippen LogP contribution in [0.5, 0.6) is 5.75 Å². The number of carboxylic acids is 1. The number of thioether (sulfide) groups is 2. The average Bonchev–Trinajstić information content (AvgIpc) is 3.31. The number of nitrogens with two attached hydrogens (primary N) is 1. The maximum Gasteiger partial charge on any atom is 0.433 e. The number of fused-ring (bicyclic) bond motifs is 1. The molecule has 37 heteroatoms. The molecule has 0 aliphatic carbocycles. The van der Waals surface area contributed by atoms with Crippen LogP contribution in [0.15, 0.2) is 130 Å². The van der Waals surface area contributed by atoms with E-state index in [9.17, 15) is 53.2 Å². The normalized spacial score (nSPS) is 12.2. The molecule has 0 aliphatic heterocycles. The van der Waals surface area contributed by atoms with Gasteiger partial charge >= 0.3 is 26.8 Å². The van der Waals surface area contributed by atoms with Gasteiger partial charge in [0, 0.05) is 32.3 Å². The predicted octanol–water partition coefficient (Wildman–Crippen LogP) is 6.84. The largest absolute Gasteiger partial charge is 0.505 e. The molecule has 390 valence electrons. The van der Waals surface area contributed by atoms with Crippen LogP contribution in [0.3, 0.4) is 0 Å². The van der Waals surface area contributed by atoms with Gasteiger partial charge < -0.3 is 26.6 Å². The highest BCUT2D eigenvalue weighted by atomic mass is 32.3. The van der Waals surface area contributed by atoms with Crippen molar-refractivity contribution in [1.29, 1.82) is 0 Å². The molecule has 0 atom stereocenters. The maximum atomic E-state index is 12.6. The van der Waals surface area contributed by atoms with Crippen molar-refractivity contribution in [2.45, 2.75) is 24.7 Å². The number of hydrogen-bond acceptors (Lipinski definition) is 29. The van der Waals surface area contributed by atoms with Crippen LogP contribution >= 0.6 is 35.6 Å². The first-order valence-corrected chi connectivity index (χ1v) is 27.6. The molecular weight excluding hydrogens is 1130 g/mol. The smallest absolute Gasteiger partial charge is 0.433 e. The molecule has 6 aromatic rings. The van der Waals surface area contributed by atoms with Crippen molar-refractivity contribution in [2.75, 3.05) is 34.5 Å². The number of carbonyl (C=O) groups is 1. The number of sulfone groups is 1. The summed E-state index contributed by atoms with van der Waals surface area (Å²) in [6.45, 7) is -0.855. The van der Waals surface area contributed by atoms with Gasteiger partial charge in [-0.1, -0.05) is 16.8 Å². The number of nitrogens with one attached hydrogen (secondary N) is 2. The predicted molar refractivity (Wildman–Crippen MR) is 260 cm³/mol. The molecule has 30 nitrogen and oxygen atoms in total. The summed E-state index contributed by atoms with van der Waals surface area (Å²) in [7, 11) is -18.8. The molecule has 0 spiro atoms. The quantitative estimate of drug-likeness (QED) is 0.00463. The molecule has 10 N–H and O–H groups in total. The first-order valence-electron chi connectivity index (χ1n) is 19.2. The molecule has 0 amide bonds. The molecule has 6 rings (SSSR count). The number of phenols is 1. The van der Waals surface area contributed by atoms with Crippen LogP contribution in [0.2, 0.25) is 0 Å². The molecule has 5 aromatic carbocycles. The van der Waals surface area contributed by atoms with E-state index in [1.807, 2.05) is 6.11 Å². The number of aromatic nitrogens is 3. The number of rotatable bonds is 23. The molecule has 0 radical (unpaired) electrons. The molecule has 0 saturated heterocycles. The van der Waals surface area contributed by atoms with E-state index >= 15 is 0 Å². The lowest BCUT2D eigenvalue weighted by molar-refractivity contribution is -0.432. The summed E-state index contributed by atoms with van der Waals surface area (Å²) in [5.41, 5.74) is 5.85. The van der Waals surface area contributed by atoms with Gasteiger partial charge in [-0.25, -0.2) is 17.9 Å². The molecule has 0 fully saturated rings. The minimum Gasteiger partial charge on any atom is -0.505 e. The minimum absolute atomic E-state index is 0.0177. The van der Waals surface area contributed by atoms with Crippen molar-refractivity contribution in [3.05, 3.63) is 84.9 Å². The molecule has 0 bridgehead atoms. The number of nitrogens with zero attached hydrogens (tertiary/aromatic N) is 7. The van der Waals surface area contributed by atoms with E-state index in [1.165, 1.54) is 48.5 Å². The molecule has 0 saturated carbocycles. The fourth-order valence-electron chi connectivity index (χ4n) is 5.62. The Kier molecular flexibility index (Phi) is 18.6. The highest BCUT2D eigenvalue weighted by molar-refractivity contribution is 8.04. The van der Waals surface area contributed by atoms with E-state index in [-0.39, 0.29) is 71.7 Å². The number of hydrogen-bond donors (Lipinski definition) is 9.